The summed E-state index contributed by atoms with van der Waals surface area (Å²) >= 11 is 11.2. The second-order valence-corrected chi connectivity index (χ2v) is 6.62. The van der Waals surface area contributed by atoms with Crippen molar-refractivity contribution in [2.24, 2.45) is 5.92 Å². The van der Waals surface area contributed by atoms with E-state index in [1.165, 1.54) is 0 Å². The Labute approximate surface area is 127 Å². The van der Waals surface area contributed by atoms with Gasteiger partial charge < -0.3 is 4.90 Å². The van der Waals surface area contributed by atoms with Gasteiger partial charge in [0.1, 0.15) is 10.0 Å². The molecule has 0 N–H and O–H groups in total. The zero-order valence-corrected chi connectivity index (χ0v) is 12.4. The molecule has 2 heterocycles. The third-order valence-corrected chi connectivity index (χ3v) is 4.42. The van der Waals surface area contributed by atoms with Gasteiger partial charge in [0.05, 0.1) is 11.4 Å². The molecule has 1 aliphatic heterocycles. The van der Waals surface area contributed by atoms with E-state index < -0.39 is 55.4 Å². The molecule has 0 bridgehead atoms. The molecule has 0 saturated carbocycles. The molecule has 1 fully saturated rings. The van der Waals surface area contributed by atoms with Gasteiger partial charge in [0, 0.05) is 18.9 Å². The van der Waals surface area contributed by atoms with Crippen LogP contribution in [0, 0.1) is 17.8 Å². The molecule has 21 heavy (non-hydrogen) atoms. The highest BCUT2D eigenvalue weighted by molar-refractivity contribution is 7.86. The predicted octanol–water partition coefficient (Wildman–Crippen LogP) is 2.32. The van der Waals surface area contributed by atoms with Crippen LogP contribution in [-0.2, 0) is 15.0 Å². The van der Waals surface area contributed by atoms with Crippen LogP contribution in [0.4, 0.5) is 18.4 Å². The summed E-state index contributed by atoms with van der Waals surface area (Å²) in [5, 5.41) is -1.34. The standard InChI is InChI=1S/C10H7Cl2F3N2O3S/c11-6-8(7(12)10(14)16-9(6)13)17-2-4(1-5(17)18)3-21(15,19)20/h4H,1-3H2. The molecule has 11 heteroatoms. The number of hydrogen-bond acceptors (Lipinski definition) is 4. The number of hydrogen-bond donors (Lipinski definition) is 0. The molecule has 116 valence electrons. The van der Waals surface area contributed by atoms with Gasteiger partial charge in [0.25, 0.3) is 0 Å². The fraction of sp³-hybridized carbons (Fsp3) is 0.400. The largest absolute Gasteiger partial charge is 0.309 e. The fourth-order valence-electron chi connectivity index (χ4n) is 2.10. The van der Waals surface area contributed by atoms with Crippen molar-refractivity contribution >= 4 is 45.0 Å². The topological polar surface area (TPSA) is 67.3 Å². The summed E-state index contributed by atoms with van der Waals surface area (Å²) in [6.45, 7) is -0.273. The highest BCUT2D eigenvalue weighted by atomic mass is 35.5. The Morgan fingerprint density at radius 2 is 1.76 bits per heavy atom. The zero-order valence-electron chi connectivity index (χ0n) is 10.1. The molecular weight excluding hydrogens is 356 g/mol. The van der Waals surface area contributed by atoms with Crippen molar-refractivity contribution in [3.8, 4) is 0 Å². The highest BCUT2D eigenvalue weighted by Crippen LogP contribution is 2.39. The summed E-state index contributed by atoms with van der Waals surface area (Å²) in [6, 6.07) is 0. The molecule has 1 aromatic heterocycles. The molecule has 1 unspecified atom stereocenters. The van der Waals surface area contributed by atoms with Gasteiger partial charge in [0.2, 0.25) is 17.8 Å². The molecule has 0 radical (unpaired) electrons. The van der Waals surface area contributed by atoms with Crippen molar-refractivity contribution in [1.82, 2.24) is 4.98 Å². The lowest BCUT2D eigenvalue weighted by molar-refractivity contribution is -0.117. The van der Waals surface area contributed by atoms with Crippen LogP contribution in [0.5, 0.6) is 0 Å². The Balaban J connectivity index is 2.38. The van der Waals surface area contributed by atoms with Crippen molar-refractivity contribution in [2.75, 3.05) is 17.2 Å². The Morgan fingerprint density at radius 3 is 2.24 bits per heavy atom. The van der Waals surface area contributed by atoms with E-state index in [1.807, 2.05) is 0 Å². The first kappa shape index (κ1) is 16.3. The number of amides is 1. The smallest absolute Gasteiger partial charge is 0.302 e. The van der Waals surface area contributed by atoms with Gasteiger partial charge in [0.15, 0.2) is 0 Å². The summed E-state index contributed by atoms with van der Waals surface area (Å²) in [5.74, 6) is -5.12. The van der Waals surface area contributed by atoms with Crippen LogP contribution in [0.25, 0.3) is 0 Å². The maximum absolute atomic E-state index is 13.3. The number of nitrogens with zero attached hydrogens (tertiary/aromatic N) is 2. The van der Waals surface area contributed by atoms with Crippen molar-refractivity contribution in [1.29, 1.82) is 0 Å². The van der Waals surface area contributed by atoms with E-state index in [1.54, 1.807) is 0 Å². The molecule has 5 nitrogen and oxygen atoms in total. The van der Waals surface area contributed by atoms with Gasteiger partial charge in [-0.3, -0.25) is 4.79 Å². The Morgan fingerprint density at radius 1 is 1.24 bits per heavy atom. The molecule has 1 amide bonds. The summed E-state index contributed by atoms with van der Waals surface area (Å²) in [7, 11) is -4.78. The van der Waals surface area contributed by atoms with Gasteiger partial charge in [-0.2, -0.15) is 22.2 Å². The van der Waals surface area contributed by atoms with Crippen molar-refractivity contribution in [2.45, 2.75) is 6.42 Å². The predicted molar refractivity (Wildman–Crippen MR) is 69.5 cm³/mol. The first-order chi connectivity index (χ1) is 9.60. The average Bonchev–Trinajstić information content (AvgIpc) is 2.66. The van der Waals surface area contributed by atoms with Crippen molar-refractivity contribution in [3.05, 3.63) is 21.9 Å². The third-order valence-electron chi connectivity index (χ3n) is 2.88. The summed E-state index contributed by atoms with van der Waals surface area (Å²) in [5.41, 5.74) is -0.438. The second kappa shape index (κ2) is 5.62. The molecule has 1 aromatic rings. The quantitative estimate of drug-likeness (QED) is 0.611. The lowest BCUT2D eigenvalue weighted by Gasteiger charge is -2.19. The van der Waals surface area contributed by atoms with Gasteiger partial charge >= 0.3 is 10.2 Å². The molecule has 0 aromatic carbocycles. The monoisotopic (exact) mass is 362 g/mol. The number of carbonyl (C=O) groups excluding carboxylic acids is 1. The van der Waals surface area contributed by atoms with E-state index in [0.717, 1.165) is 4.90 Å². The number of halogens is 5. The number of aromatic nitrogens is 1. The van der Waals surface area contributed by atoms with E-state index in [-0.39, 0.29) is 13.0 Å². The van der Waals surface area contributed by atoms with E-state index in [2.05, 4.69) is 4.98 Å². The summed E-state index contributed by atoms with van der Waals surface area (Å²) in [6.07, 6.45) is -0.304. The molecule has 0 aliphatic carbocycles. The van der Waals surface area contributed by atoms with Gasteiger partial charge in [-0.25, -0.2) is 0 Å². The highest BCUT2D eigenvalue weighted by Gasteiger charge is 2.37. The van der Waals surface area contributed by atoms with Gasteiger partial charge in [-0.1, -0.05) is 23.2 Å². The third kappa shape index (κ3) is 3.41. The molecular formula is C10H7Cl2F3N2O3S. The van der Waals surface area contributed by atoms with Crippen molar-refractivity contribution < 1.29 is 25.9 Å². The molecule has 0 spiro atoms. The maximum atomic E-state index is 13.3. The van der Waals surface area contributed by atoms with Gasteiger partial charge in [-0.15, -0.1) is 3.89 Å². The van der Waals surface area contributed by atoms with Crippen molar-refractivity contribution in [3.63, 3.8) is 0 Å². The Bertz CT molecular complexity index is 688. The van der Waals surface area contributed by atoms with E-state index in [9.17, 15) is 25.9 Å². The first-order valence-electron chi connectivity index (χ1n) is 5.53. The number of pyridine rings is 1. The Hall–Kier alpha value is -1.06. The second-order valence-electron chi connectivity index (χ2n) is 4.45. The van der Waals surface area contributed by atoms with Crippen LogP contribution < -0.4 is 4.90 Å². The Kier molecular flexibility index (Phi) is 4.36. The van der Waals surface area contributed by atoms with Crippen LogP contribution in [0.15, 0.2) is 0 Å². The van der Waals surface area contributed by atoms with Crippen LogP contribution in [-0.4, -0.2) is 31.6 Å². The zero-order chi connectivity index (χ0) is 15.9. The SMILES string of the molecule is O=C1CC(CS(=O)(=O)F)CN1c1c(Cl)c(F)nc(F)c1Cl. The van der Waals surface area contributed by atoms with Crippen LogP contribution >= 0.6 is 23.2 Å². The summed E-state index contributed by atoms with van der Waals surface area (Å²) in [4.78, 5) is 15.5. The fourth-order valence-corrected chi connectivity index (χ4v) is 3.42. The average molecular weight is 363 g/mol. The van der Waals surface area contributed by atoms with Gasteiger partial charge in [-0.05, 0) is 0 Å². The normalized spacial score (nSPS) is 19.4. The van der Waals surface area contributed by atoms with Crippen LogP contribution in [0.2, 0.25) is 10.0 Å². The molecule has 1 aliphatic rings. The van der Waals surface area contributed by atoms with Crippen LogP contribution in [0.1, 0.15) is 6.42 Å². The molecule has 2 rings (SSSR count). The van der Waals surface area contributed by atoms with E-state index in [0.29, 0.717) is 0 Å². The minimum absolute atomic E-state index is 0.273. The molecule has 1 saturated heterocycles. The minimum Gasteiger partial charge on any atom is -0.309 e. The first-order valence-corrected chi connectivity index (χ1v) is 7.83. The van der Waals surface area contributed by atoms with E-state index >= 15 is 0 Å². The lowest BCUT2D eigenvalue weighted by Crippen LogP contribution is -2.26. The molecule has 1 atom stereocenters. The number of rotatable bonds is 3. The lowest BCUT2D eigenvalue weighted by atomic mass is 10.1. The summed E-state index contributed by atoms with van der Waals surface area (Å²) < 4.78 is 60.5. The van der Waals surface area contributed by atoms with E-state index in [4.69, 9.17) is 23.2 Å². The minimum atomic E-state index is -4.78. The number of carbonyl (C=O) groups is 1. The number of anilines is 1. The van der Waals surface area contributed by atoms with Crippen LogP contribution in [0.3, 0.4) is 0 Å². The maximum Gasteiger partial charge on any atom is 0.302 e.